The van der Waals surface area contributed by atoms with E-state index in [1.165, 1.54) is 39.0 Å². The molecule has 0 spiro atoms. The third kappa shape index (κ3) is 3.45. The number of hydrogen-bond acceptors (Lipinski definition) is 3. The molecule has 3 rings (SSSR count). The molecule has 0 unspecified atom stereocenters. The van der Waals surface area contributed by atoms with E-state index in [1.807, 2.05) is 18.2 Å². The minimum Gasteiger partial charge on any atom is -0.454 e. The van der Waals surface area contributed by atoms with Gasteiger partial charge in [-0.05, 0) is 18.4 Å². The van der Waals surface area contributed by atoms with Gasteiger partial charge in [0.2, 0.25) is 0 Å². The molecular formula is C20H29NO2. The Morgan fingerprint density at radius 1 is 1.17 bits per heavy atom. The normalized spacial score (nSPS) is 30.1. The molecule has 0 bridgehead atoms. The second-order valence-electron chi connectivity index (χ2n) is 7.29. The Balaban J connectivity index is 1.80. The van der Waals surface area contributed by atoms with Crippen LogP contribution >= 0.6 is 0 Å². The number of benzene rings is 1. The van der Waals surface area contributed by atoms with Crippen molar-refractivity contribution in [3.05, 3.63) is 35.9 Å². The third-order valence-electron chi connectivity index (χ3n) is 5.75. The van der Waals surface area contributed by atoms with E-state index in [0.717, 1.165) is 31.1 Å². The first-order valence-electron chi connectivity index (χ1n) is 9.11. The van der Waals surface area contributed by atoms with Gasteiger partial charge in [-0.1, -0.05) is 56.5 Å². The molecular weight excluding hydrogens is 286 g/mol. The molecule has 2 aliphatic rings. The zero-order valence-electron chi connectivity index (χ0n) is 14.5. The molecule has 3 nitrogen and oxygen atoms in total. The molecule has 1 aromatic rings. The van der Waals surface area contributed by atoms with Crippen LogP contribution in [0.3, 0.4) is 0 Å². The van der Waals surface area contributed by atoms with Crippen LogP contribution in [0.25, 0.3) is 0 Å². The Morgan fingerprint density at radius 3 is 2.48 bits per heavy atom. The molecule has 0 amide bonds. The zero-order chi connectivity index (χ0) is 16.3. The second-order valence-corrected chi connectivity index (χ2v) is 7.29. The van der Waals surface area contributed by atoms with Crippen LogP contribution in [-0.4, -0.2) is 30.0 Å². The van der Waals surface area contributed by atoms with Crippen LogP contribution in [0.5, 0.6) is 0 Å². The molecule has 1 aliphatic carbocycles. The number of hydrogen-bond donors (Lipinski definition) is 0. The van der Waals surface area contributed by atoms with Gasteiger partial charge in [0.15, 0.2) is 0 Å². The van der Waals surface area contributed by atoms with Crippen molar-refractivity contribution in [2.75, 3.05) is 13.1 Å². The molecule has 1 saturated heterocycles. The molecule has 1 aliphatic heterocycles. The summed E-state index contributed by atoms with van der Waals surface area (Å²) in [6.07, 6.45) is 7.68. The standard InChI is InChI=1S/C20H29NO2/c1-16-15-21(19-11-7-4-8-12-19)14-13-20(16,23-17(2)22)18-9-5-3-6-10-18/h3,5-6,9-10,16,19H,4,7-8,11-15H2,1-2H3/t16-,20-/m0/s1. The van der Waals surface area contributed by atoms with Crippen molar-refractivity contribution in [3.63, 3.8) is 0 Å². The van der Waals surface area contributed by atoms with Crippen LogP contribution in [0.1, 0.15) is 57.9 Å². The molecule has 126 valence electrons. The molecule has 3 heteroatoms. The highest BCUT2D eigenvalue weighted by molar-refractivity contribution is 5.67. The molecule has 2 fully saturated rings. The van der Waals surface area contributed by atoms with Crippen molar-refractivity contribution < 1.29 is 9.53 Å². The second kappa shape index (κ2) is 7.04. The number of esters is 1. The third-order valence-corrected chi connectivity index (χ3v) is 5.75. The Kier molecular flexibility index (Phi) is 5.05. The van der Waals surface area contributed by atoms with Gasteiger partial charge < -0.3 is 4.74 Å². The Hall–Kier alpha value is -1.35. The average molecular weight is 315 g/mol. The molecule has 1 heterocycles. The highest BCUT2D eigenvalue weighted by atomic mass is 16.6. The highest BCUT2D eigenvalue weighted by Crippen LogP contribution is 2.42. The molecule has 0 radical (unpaired) electrons. The van der Waals surface area contributed by atoms with E-state index in [4.69, 9.17) is 4.74 Å². The summed E-state index contributed by atoms with van der Waals surface area (Å²) in [5.41, 5.74) is 0.684. The van der Waals surface area contributed by atoms with Crippen molar-refractivity contribution in [3.8, 4) is 0 Å². The molecule has 2 atom stereocenters. The molecule has 1 aromatic carbocycles. The van der Waals surface area contributed by atoms with Gasteiger partial charge in [0, 0.05) is 38.4 Å². The number of likely N-dealkylation sites (tertiary alicyclic amines) is 1. The van der Waals surface area contributed by atoms with Crippen molar-refractivity contribution in [2.45, 2.75) is 64.0 Å². The fraction of sp³-hybridized carbons (Fsp3) is 0.650. The number of carbonyl (C=O) groups is 1. The lowest BCUT2D eigenvalue weighted by Crippen LogP contribution is -2.54. The largest absolute Gasteiger partial charge is 0.454 e. The summed E-state index contributed by atoms with van der Waals surface area (Å²) in [5, 5.41) is 0. The van der Waals surface area contributed by atoms with Gasteiger partial charge in [0.1, 0.15) is 5.60 Å². The SMILES string of the molecule is CC(=O)O[C@@]1(c2ccccc2)CCN(C2CCCCC2)C[C@@H]1C. The average Bonchev–Trinajstić information content (AvgIpc) is 2.58. The van der Waals surface area contributed by atoms with E-state index < -0.39 is 5.60 Å². The molecule has 0 aromatic heterocycles. The van der Waals surface area contributed by atoms with E-state index >= 15 is 0 Å². The Morgan fingerprint density at radius 2 is 1.87 bits per heavy atom. The van der Waals surface area contributed by atoms with Crippen molar-refractivity contribution >= 4 is 5.97 Å². The lowest BCUT2D eigenvalue weighted by Gasteiger charge is -2.48. The monoisotopic (exact) mass is 315 g/mol. The molecule has 0 N–H and O–H groups in total. The van der Waals surface area contributed by atoms with Crippen LogP contribution in [0.2, 0.25) is 0 Å². The maximum absolute atomic E-state index is 11.8. The van der Waals surface area contributed by atoms with E-state index in [1.54, 1.807) is 0 Å². The van der Waals surface area contributed by atoms with Gasteiger partial charge in [-0.15, -0.1) is 0 Å². The summed E-state index contributed by atoms with van der Waals surface area (Å²) in [5.74, 6) is 0.135. The number of carbonyl (C=O) groups excluding carboxylic acids is 1. The van der Waals surface area contributed by atoms with E-state index in [0.29, 0.717) is 5.92 Å². The summed E-state index contributed by atoms with van der Waals surface area (Å²) in [6.45, 7) is 5.82. The summed E-state index contributed by atoms with van der Waals surface area (Å²) in [7, 11) is 0. The predicted molar refractivity (Wildman–Crippen MR) is 92.1 cm³/mol. The fourth-order valence-electron chi connectivity index (χ4n) is 4.54. The number of nitrogens with zero attached hydrogens (tertiary/aromatic N) is 1. The van der Waals surface area contributed by atoms with Crippen LogP contribution in [0.4, 0.5) is 0 Å². The predicted octanol–water partition coefficient (Wildman–Crippen LogP) is 4.12. The van der Waals surface area contributed by atoms with Crippen LogP contribution < -0.4 is 0 Å². The van der Waals surface area contributed by atoms with Gasteiger partial charge >= 0.3 is 5.97 Å². The summed E-state index contributed by atoms with van der Waals surface area (Å²) >= 11 is 0. The van der Waals surface area contributed by atoms with Gasteiger partial charge in [0.05, 0.1) is 0 Å². The van der Waals surface area contributed by atoms with Gasteiger partial charge in [-0.2, -0.15) is 0 Å². The highest BCUT2D eigenvalue weighted by Gasteiger charge is 2.46. The molecule has 1 saturated carbocycles. The van der Waals surface area contributed by atoms with Gasteiger partial charge in [0.25, 0.3) is 0 Å². The van der Waals surface area contributed by atoms with Gasteiger partial charge in [-0.25, -0.2) is 0 Å². The minimum atomic E-state index is -0.460. The van der Waals surface area contributed by atoms with E-state index in [-0.39, 0.29) is 5.97 Å². The lowest BCUT2D eigenvalue weighted by molar-refractivity contribution is -0.174. The van der Waals surface area contributed by atoms with Crippen molar-refractivity contribution in [2.24, 2.45) is 5.92 Å². The summed E-state index contributed by atoms with van der Waals surface area (Å²) < 4.78 is 5.95. The van der Waals surface area contributed by atoms with Crippen LogP contribution in [0.15, 0.2) is 30.3 Å². The maximum Gasteiger partial charge on any atom is 0.303 e. The van der Waals surface area contributed by atoms with Crippen LogP contribution in [0, 0.1) is 5.92 Å². The first-order chi connectivity index (χ1) is 11.1. The summed E-state index contributed by atoms with van der Waals surface area (Å²) in [4.78, 5) is 14.4. The fourth-order valence-corrected chi connectivity index (χ4v) is 4.54. The Bertz CT molecular complexity index is 524. The maximum atomic E-state index is 11.8. The number of ether oxygens (including phenoxy) is 1. The number of piperidine rings is 1. The van der Waals surface area contributed by atoms with Gasteiger partial charge in [-0.3, -0.25) is 9.69 Å². The lowest BCUT2D eigenvalue weighted by atomic mass is 9.75. The van der Waals surface area contributed by atoms with Crippen molar-refractivity contribution in [1.82, 2.24) is 4.90 Å². The first kappa shape index (κ1) is 16.5. The number of rotatable bonds is 3. The minimum absolute atomic E-state index is 0.174. The first-order valence-corrected chi connectivity index (χ1v) is 9.11. The Labute approximate surface area is 140 Å². The van der Waals surface area contributed by atoms with E-state index in [9.17, 15) is 4.79 Å². The smallest absolute Gasteiger partial charge is 0.303 e. The van der Waals surface area contributed by atoms with E-state index in [2.05, 4.69) is 24.0 Å². The molecule has 23 heavy (non-hydrogen) atoms. The topological polar surface area (TPSA) is 29.5 Å². The summed E-state index contributed by atoms with van der Waals surface area (Å²) in [6, 6.07) is 11.1. The quantitative estimate of drug-likeness (QED) is 0.786. The van der Waals surface area contributed by atoms with Crippen LogP contribution in [-0.2, 0) is 15.1 Å². The van der Waals surface area contributed by atoms with Crippen molar-refractivity contribution in [1.29, 1.82) is 0 Å². The zero-order valence-corrected chi connectivity index (χ0v) is 14.5.